The number of pyridine rings is 1. The molecule has 0 unspecified atom stereocenters. The maximum absolute atomic E-state index is 11.9. The van der Waals surface area contributed by atoms with Crippen LogP contribution in [0.5, 0.6) is 0 Å². The molecular weight excluding hydrogens is 342 g/mol. The molecule has 0 aliphatic carbocycles. The molecule has 0 amide bonds. The number of esters is 1. The molecule has 0 aliphatic heterocycles. The number of aryl methyl sites for hydroxylation is 2. The van der Waals surface area contributed by atoms with Crippen molar-refractivity contribution in [2.24, 2.45) is 0 Å². The predicted octanol–water partition coefficient (Wildman–Crippen LogP) is 5.71. The van der Waals surface area contributed by atoms with Crippen LogP contribution < -0.4 is 0 Å². The normalized spacial score (nSPS) is 11.1. The molecule has 0 saturated heterocycles. The summed E-state index contributed by atoms with van der Waals surface area (Å²) in [5, 5.41) is 2.23. The first-order chi connectivity index (χ1) is 12.4. The minimum absolute atomic E-state index is 0.108. The summed E-state index contributed by atoms with van der Waals surface area (Å²) in [5.41, 5.74) is 5.25. The van der Waals surface area contributed by atoms with E-state index in [9.17, 15) is 4.79 Å². The second kappa shape index (κ2) is 7.92. The van der Waals surface area contributed by atoms with E-state index in [1.54, 1.807) is 11.8 Å². The fraction of sp³-hybridized carbons (Fsp3) is 0.273. The van der Waals surface area contributed by atoms with Gasteiger partial charge in [-0.15, -0.1) is 11.8 Å². The molecule has 1 heterocycles. The van der Waals surface area contributed by atoms with Gasteiger partial charge in [0.05, 0.1) is 22.2 Å². The molecule has 0 atom stereocenters. The molecule has 134 valence electrons. The van der Waals surface area contributed by atoms with Gasteiger partial charge in [-0.2, -0.15) is 0 Å². The number of fused-ring (bicyclic) bond motifs is 1. The average molecular weight is 365 g/mol. The van der Waals surface area contributed by atoms with Crippen LogP contribution in [0, 0.1) is 13.8 Å². The minimum Gasteiger partial charge on any atom is -0.459 e. The van der Waals surface area contributed by atoms with Crippen LogP contribution in [-0.4, -0.2) is 17.1 Å². The molecule has 1 aromatic heterocycles. The Hall–Kier alpha value is -2.33. The fourth-order valence-electron chi connectivity index (χ4n) is 2.78. The number of benzene rings is 2. The Morgan fingerprint density at radius 1 is 1.08 bits per heavy atom. The van der Waals surface area contributed by atoms with Gasteiger partial charge in [0, 0.05) is 11.1 Å². The van der Waals surface area contributed by atoms with E-state index >= 15 is 0 Å². The van der Waals surface area contributed by atoms with Gasteiger partial charge in [0.1, 0.15) is 0 Å². The third-order valence-electron chi connectivity index (χ3n) is 4.14. The lowest BCUT2D eigenvalue weighted by atomic mass is 10.1. The average Bonchev–Trinajstić information content (AvgIpc) is 2.61. The third kappa shape index (κ3) is 4.25. The lowest BCUT2D eigenvalue weighted by molar-refractivity contribution is 0.0378. The van der Waals surface area contributed by atoms with Crippen molar-refractivity contribution < 1.29 is 9.53 Å². The van der Waals surface area contributed by atoms with Gasteiger partial charge in [-0.05, 0) is 62.6 Å². The molecular formula is C22H23NO2S. The summed E-state index contributed by atoms with van der Waals surface area (Å²) in [6.07, 6.45) is -0.108. The molecule has 0 N–H and O–H groups in total. The lowest BCUT2D eigenvalue weighted by Crippen LogP contribution is -2.11. The molecule has 3 rings (SSSR count). The highest BCUT2D eigenvalue weighted by atomic mass is 32.2. The Morgan fingerprint density at radius 3 is 2.50 bits per heavy atom. The van der Waals surface area contributed by atoms with Crippen LogP contribution in [0.3, 0.4) is 0 Å². The zero-order chi connectivity index (χ0) is 18.7. The van der Waals surface area contributed by atoms with Gasteiger partial charge in [0.2, 0.25) is 0 Å². The topological polar surface area (TPSA) is 39.2 Å². The van der Waals surface area contributed by atoms with Crippen LogP contribution in [0.15, 0.2) is 53.6 Å². The van der Waals surface area contributed by atoms with Crippen molar-refractivity contribution in [3.05, 3.63) is 70.8 Å². The van der Waals surface area contributed by atoms with Crippen LogP contribution >= 0.6 is 11.8 Å². The highest BCUT2D eigenvalue weighted by Crippen LogP contribution is 2.27. The summed E-state index contributed by atoms with van der Waals surface area (Å²) in [6.45, 7) is 7.92. The highest BCUT2D eigenvalue weighted by Gasteiger charge is 2.09. The quantitative estimate of drug-likeness (QED) is 0.429. The van der Waals surface area contributed by atoms with Crippen LogP contribution in [0.2, 0.25) is 0 Å². The Balaban J connectivity index is 1.72. The second-order valence-electron chi connectivity index (χ2n) is 6.69. The molecule has 3 nitrogen and oxygen atoms in total. The second-order valence-corrected chi connectivity index (χ2v) is 7.68. The number of nitrogens with zero attached hydrogens (tertiary/aromatic N) is 1. The molecule has 26 heavy (non-hydrogen) atoms. The molecule has 4 heteroatoms. The van der Waals surface area contributed by atoms with Crippen molar-refractivity contribution in [1.29, 1.82) is 0 Å². The Bertz CT molecular complexity index is 933. The van der Waals surface area contributed by atoms with Gasteiger partial charge < -0.3 is 4.74 Å². The SMILES string of the molecule is Cc1cc(SCc2ccc(C(=O)OC(C)C)cc2)nc2c(C)cccc12. The fourth-order valence-corrected chi connectivity index (χ4v) is 3.70. The van der Waals surface area contributed by atoms with Crippen molar-refractivity contribution in [2.75, 3.05) is 0 Å². The van der Waals surface area contributed by atoms with E-state index < -0.39 is 0 Å². The molecule has 0 spiro atoms. The van der Waals surface area contributed by atoms with E-state index in [1.807, 2.05) is 38.1 Å². The molecule has 0 aliphatic rings. The zero-order valence-corrected chi connectivity index (χ0v) is 16.4. The maximum Gasteiger partial charge on any atom is 0.338 e. The zero-order valence-electron chi connectivity index (χ0n) is 15.6. The molecule has 3 aromatic rings. The van der Waals surface area contributed by atoms with Crippen molar-refractivity contribution in [2.45, 2.75) is 44.6 Å². The first-order valence-electron chi connectivity index (χ1n) is 8.73. The monoisotopic (exact) mass is 365 g/mol. The van der Waals surface area contributed by atoms with Crippen LogP contribution in [0.1, 0.15) is 40.9 Å². The van der Waals surface area contributed by atoms with Crippen molar-refractivity contribution >= 4 is 28.6 Å². The van der Waals surface area contributed by atoms with Gasteiger partial charge in [-0.1, -0.05) is 30.3 Å². The number of para-hydroxylation sites is 1. The Kier molecular flexibility index (Phi) is 5.62. The molecule has 2 aromatic carbocycles. The van der Waals surface area contributed by atoms with E-state index in [4.69, 9.17) is 9.72 Å². The van der Waals surface area contributed by atoms with E-state index in [0.29, 0.717) is 5.56 Å². The van der Waals surface area contributed by atoms with E-state index in [-0.39, 0.29) is 12.1 Å². The number of hydrogen-bond acceptors (Lipinski definition) is 4. The number of ether oxygens (including phenoxy) is 1. The minimum atomic E-state index is -0.276. The summed E-state index contributed by atoms with van der Waals surface area (Å²) in [6, 6.07) is 16.0. The summed E-state index contributed by atoms with van der Waals surface area (Å²) in [4.78, 5) is 16.7. The van der Waals surface area contributed by atoms with Gasteiger partial charge in [0.25, 0.3) is 0 Å². The van der Waals surface area contributed by atoms with Gasteiger partial charge in [0.15, 0.2) is 0 Å². The summed E-state index contributed by atoms with van der Waals surface area (Å²) >= 11 is 1.71. The first-order valence-corrected chi connectivity index (χ1v) is 9.72. The smallest absolute Gasteiger partial charge is 0.338 e. The van der Waals surface area contributed by atoms with Crippen LogP contribution in [0.25, 0.3) is 10.9 Å². The van der Waals surface area contributed by atoms with E-state index in [2.05, 4.69) is 38.1 Å². The first kappa shape index (κ1) is 18.5. The van der Waals surface area contributed by atoms with Gasteiger partial charge in [-0.25, -0.2) is 9.78 Å². The Labute approximate surface area is 158 Å². The Morgan fingerprint density at radius 2 is 1.81 bits per heavy atom. The number of thioether (sulfide) groups is 1. The third-order valence-corrected chi connectivity index (χ3v) is 5.13. The molecule has 0 saturated carbocycles. The lowest BCUT2D eigenvalue weighted by Gasteiger charge is -2.09. The maximum atomic E-state index is 11.9. The predicted molar refractivity (Wildman–Crippen MR) is 108 cm³/mol. The van der Waals surface area contributed by atoms with Crippen molar-refractivity contribution in [3.8, 4) is 0 Å². The number of carbonyl (C=O) groups is 1. The van der Waals surface area contributed by atoms with Gasteiger partial charge in [-0.3, -0.25) is 0 Å². The van der Waals surface area contributed by atoms with Crippen LogP contribution in [0.4, 0.5) is 0 Å². The van der Waals surface area contributed by atoms with E-state index in [0.717, 1.165) is 21.9 Å². The number of aromatic nitrogens is 1. The summed E-state index contributed by atoms with van der Waals surface area (Å²) in [7, 11) is 0. The van der Waals surface area contributed by atoms with Crippen molar-refractivity contribution in [1.82, 2.24) is 4.98 Å². The van der Waals surface area contributed by atoms with E-state index in [1.165, 1.54) is 16.5 Å². The van der Waals surface area contributed by atoms with Crippen molar-refractivity contribution in [3.63, 3.8) is 0 Å². The summed E-state index contributed by atoms with van der Waals surface area (Å²) < 4.78 is 5.22. The highest BCUT2D eigenvalue weighted by molar-refractivity contribution is 7.98. The van der Waals surface area contributed by atoms with Crippen LogP contribution in [-0.2, 0) is 10.5 Å². The summed E-state index contributed by atoms with van der Waals surface area (Å²) in [5.74, 6) is 0.532. The standard InChI is InChI=1S/C22H23NO2S/c1-14(2)25-22(24)18-10-8-17(9-11-18)13-26-20-12-16(4)19-7-5-6-15(3)21(19)23-20/h5-12,14H,13H2,1-4H3. The number of carbonyl (C=O) groups excluding carboxylic acids is 1. The van der Waals surface area contributed by atoms with Gasteiger partial charge >= 0.3 is 5.97 Å². The number of rotatable bonds is 5. The molecule has 0 radical (unpaired) electrons. The number of hydrogen-bond donors (Lipinski definition) is 0. The largest absolute Gasteiger partial charge is 0.459 e. The molecule has 0 fully saturated rings. The molecule has 0 bridgehead atoms.